The number of hydrogen-bond donors (Lipinski definition) is 0. The van der Waals surface area contributed by atoms with Crippen molar-refractivity contribution < 1.29 is 30.3 Å². The SMILES string of the molecule is Cc1cc(C)c(-c2ccnc(-c3[c-]ccc4c3oc3cc(F)ccc34)c2)c(C)c1.[2H]C(C)(C)c1cc(-c2[c-]cccc2)ncc1[Si](C)(C)C.[Ir]. The smallest absolute Gasteiger partial charge is 0.126 e. The fourth-order valence-corrected chi connectivity index (χ4v) is 8.01. The Hall–Kier alpha value is -4.22. The molecule has 6 heteroatoms. The van der Waals surface area contributed by atoms with E-state index in [0.717, 1.165) is 44.4 Å². The number of aryl methyl sites for hydroxylation is 3. The third kappa shape index (κ3) is 7.67. The summed E-state index contributed by atoms with van der Waals surface area (Å²) in [6.07, 6.45) is 3.80. The number of rotatable bonds is 5. The number of benzene rings is 4. The molecule has 0 saturated heterocycles. The Balaban J connectivity index is 0.000000204. The molecule has 3 nitrogen and oxygen atoms in total. The van der Waals surface area contributed by atoms with Gasteiger partial charge in [-0.15, -0.1) is 54.1 Å². The van der Waals surface area contributed by atoms with Gasteiger partial charge in [-0.25, -0.2) is 4.39 Å². The predicted molar refractivity (Wildman–Crippen MR) is 201 cm³/mol. The van der Waals surface area contributed by atoms with Gasteiger partial charge in [0.15, 0.2) is 0 Å². The fraction of sp³-hybridized carbons (Fsp3) is 0.209. The molecule has 7 rings (SSSR count). The van der Waals surface area contributed by atoms with Crippen molar-refractivity contribution in [2.75, 3.05) is 0 Å². The monoisotopic (exact) mass is 842 g/mol. The normalized spacial score (nSPS) is 11.9. The summed E-state index contributed by atoms with van der Waals surface area (Å²) in [5.41, 5.74) is 11.8. The molecule has 3 heterocycles. The molecule has 1 radical (unpaired) electrons. The van der Waals surface area contributed by atoms with E-state index in [1.165, 1.54) is 39.6 Å². The molecule has 7 aromatic rings. The number of hydrogen-bond acceptors (Lipinski definition) is 3. The Kier molecular flexibility index (Phi) is 10.4. The van der Waals surface area contributed by atoms with Crippen LogP contribution in [0.4, 0.5) is 4.39 Å². The van der Waals surface area contributed by atoms with Crippen LogP contribution in [0.1, 0.15) is 43.4 Å². The van der Waals surface area contributed by atoms with Crippen molar-refractivity contribution in [1.29, 1.82) is 0 Å². The first-order valence-electron chi connectivity index (χ1n) is 16.8. The van der Waals surface area contributed by atoms with Crippen LogP contribution in [-0.4, -0.2) is 18.0 Å². The zero-order valence-corrected chi connectivity index (χ0v) is 32.6. The molecule has 0 aliphatic heterocycles. The van der Waals surface area contributed by atoms with E-state index in [9.17, 15) is 4.39 Å². The molecule has 0 atom stereocenters. The quantitative estimate of drug-likeness (QED) is 0.128. The van der Waals surface area contributed by atoms with Crippen molar-refractivity contribution in [2.45, 2.75) is 60.2 Å². The maximum atomic E-state index is 13.7. The van der Waals surface area contributed by atoms with Gasteiger partial charge < -0.3 is 14.4 Å². The molecule has 0 amide bonds. The van der Waals surface area contributed by atoms with Gasteiger partial charge in [0.25, 0.3) is 0 Å². The molecule has 0 fully saturated rings. The minimum Gasteiger partial charge on any atom is -0.500 e. The second kappa shape index (κ2) is 14.7. The third-order valence-electron chi connectivity index (χ3n) is 8.61. The molecule has 3 aromatic heterocycles. The van der Waals surface area contributed by atoms with E-state index in [1.54, 1.807) is 6.07 Å². The molecule has 0 aliphatic rings. The van der Waals surface area contributed by atoms with E-state index in [4.69, 9.17) is 5.79 Å². The largest absolute Gasteiger partial charge is 0.500 e. The maximum Gasteiger partial charge on any atom is 0.126 e. The summed E-state index contributed by atoms with van der Waals surface area (Å²) in [5.74, 6) is -0.922. The molecular weight excluding hydrogens is 800 g/mol. The molecule has 0 aliphatic carbocycles. The molecule has 0 bridgehead atoms. The van der Waals surface area contributed by atoms with Gasteiger partial charge in [0.05, 0.1) is 13.7 Å². The summed E-state index contributed by atoms with van der Waals surface area (Å²) in [6.45, 7) is 17.2. The van der Waals surface area contributed by atoms with Crippen molar-refractivity contribution in [3.05, 3.63) is 138 Å². The Morgan fingerprint density at radius 1 is 0.816 bits per heavy atom. The van der Waals surface area contributed by atoms with Gasteiger partial charge in [0.2, 0.25) is 0 Å². The van der Waals surface area contributed by atoms with E-state index in [0.29, 0.717) is 11.2 Å². The van der Waals surface area contributed by atoms with Crippen molar-refractivity contribution in [2.24, 2.45) is 0 Å². The molecule has 49 heavy (non-hydrogen) atoms. The number of aromatic nitrogens is 2. The Morgan fingerprint density at radius 2 is 1.57 bits per heavy atom. The molecule has 0 unspecified atom stereocenters. The topological polar surface area (TPSA) is 38.9 Å². The first-order chi connectivity index (χ1) is 23.2. The van der Waals surface area contributed by atoms with Crippen LogP contribution in [0.5, 0.6) is 0 Å². The van der Waals surface area contributed by atoms with E-state index >= 15 is 0 Å². The Labute approximate surface area is 305 Å². The van der Waals surface area contributed by atoms with Crippen molar-refractivity contribution >= 4 is 35.2 Å². The van der Waals surface area contributed by atoms with Crippen LogP contribution in [0.2, 0.25) is 19.6 Å². The van der Waals surface area contributed by atoms with Gasteiger partial charge in [-0.2, -0.15) is 0 Å². The second-order valence-electron chi connectivity index (χ2n) is 13.7. The number of furan rings is 1. The standard InChI is InChI=1S/C26H19FNO.C17H22NSi.Ir/c1-15-11-16(2)25(17(3)12-15)18-9-10-28-23(13-18)22-6-4-5-21-20-8-7-19(27)14-24(20)29-26(21)22;1-13(2)15-11-16(14-9-7-6-8-10-14)18-12-17(15)19(3,4)5;/h4-5,7-14H,1-3H3;6-9,11-13H,1-5H3;/q2*-1;/i;13D;. The summed E-state index contributed by atoms with van der Waals surface area (Å²) in [5, 5.41) is 3.10. The Bertz CT molecular complexity index is 2280. The minimum atomic E-state index is -1.50. The van der Waals surface area contributed by atoms with E-state index < -0.39 is 14.0 Å². The zero-order valence-electron chi connectivity index (χ0n) is 30.3. The number of halogens is 1. The molecule has 4 aromatic carbocycles. The van der Waals surface area contributed by atoms with Crippen LogP contribution in [0.15, 0.2) is 102 Å². The van der Waals surface area contributed by atoms with Crippen molar-refractivity contribution in [3.63, 3.8) is 0 Å². The van der Waals surface area contributed by atoms with Crippen LogP contribution in [0.25, 0.3) is 55.6 Å². The third-order valence-corrected chi connectivity index (χ3v) is 10.6. The van der Waals surface area contributed by atoms with Gasteiger partial charge in [0.1, 0.15) is 11.4 Å². The van der Waals surface area contributed by atoms with Crippen LogP contribution in [0.3, 0.4) is 0 Å². The van der Waals surface area contributed by atoms with Gasteiger partial charge >= 0.3 is 0 Å². The van der Waals surface area contributed by atoms with Gasteiger partial charge in [-0.05, 0) is 83.7 Å². The predicted octanol–water partition coefficient (Wildman–Crippen LogP) is 11.4. The summed E-state index contributed by atoms with van der Waals surface area (Å²) in [4.78, 5) is 9.19. The zero-order chi connectivity index (χ0) is 35.1. The van der Waals surface area contributed by atoms with Gasteiger partial charge in [-0.3, -0.25) is 0 Å². The van der Waals surface area contributed by atoms with Crippen LogP contribution in [-0.2, 0) is 20.1 Å². The molecule has 0 spiro atoms. The van der Waals surface area contributed by atoms with Crippen LogP contribution < -0.4 is 5.19 Å². The maximum absolute atomic E-state index is 13.7. The number of nitrogens with zero attached hydrogens (tertiary/aromatic N) is 2. The van der Waals surface area contributed by atoms with Crippen LogP contribution in [0, 0.1) is 38.7 Å². The van der Waals surface area contributed by atoms with Crippen molar-refractivity contribution in [3.8, 4) is 33.6 Å². The van der Waals surface area contributed by atoms with Gasteiger partial charge in [0, 0.05) is 45.3 Å². The number of pyridine rings is 2. The Morgan fingerprint density at radius 3 is 2.24 bits per heavy atom. The molecule has 251 valence electrons. The second-order valence-corrected chi connectivity index (χ2v) is 18.7. The van der Waals surface area contributed by atoms with Gasteiger partial charge in [-0.1, -0.05) is 79.8 Å². The molecule has 0 saturated carbocycles. The average molecular weight is 842 g/mol. The van der Waals surface area contributed by atoms with Crippen molar-refractivity contribution in [1.82, 2.24) is 9.97 Å². The first kappa shape index (κ1) is 34.6. The van der Waals surface area contributed by atoms with E-state index in [2.05, 4.69) is 86.8 Å². The number of fused-ring (bicyclic) bond motifs is 3. The minimum absolute atomic E-state index is 0. The van der Waals surface area contributed by atoms with Crippen LogP contribution >= 0.6 is 0 Å². The summed E-state index contributed by atoms with van der Waals surface area (Å²) in [6, 6.07) is 33.3. The average Bonchev–Trinajstić information content (AvgIpc) is 3.42. The molecular formula is C43H41FIrN2OSi-2. The van der Waals surface area contributed by atoms with E-state index in [1.807, 2.05) is 68.7 Å². The first-order valence-corrected chi connectivity index (χ1v) is 19.8. The molecule has 0 N–H and O–H groups in total. The summed E-state index contributed by atoms with van der Waals surface area (Å²) < 4.78 is 28.1. The summed E-state index contributed by atoms with van der Waals surface area (Å²) >= 11 is 0. The summed E-state index contributed by atoms with van der Waals surface area (Å²) in [7, 11) is -1.50. The van der Waals surface area contributed by atoms with E-state index in [-0.39, 0.29) is 25.9 Å². The fourth-order valence-electron chi connectivity index (χ4n) is 6.43.